The van der Waals surface area contributed by atoms with Gasteiger partial charge in [-0.15, -0.1) is 0 Å². The summed E-state index contributed by atoms with van der Waals surface area (Å²) in [4.78, 5) is 11.2. The van der Waals surface area contributed by atoms with E-state index in [1.54, 1.807) is 28.3 Å². The van der Waals surface area contributed by atoms with Crippen LogP contribution in [0.5, 0.6) is 0 Å². The molecule has 7 nitrogen and oxygen atoms in total. The first-order valence-corrected chi connectivity index (χ1v) is 8.69. The van der Waals surface area contributed by atoms with Crippen molar-refractivity contribution in [3.8, 4) is 0 Å². The van der Waals surface area contributed by atoms with Gasteiger partial charge in [0, 0.05) is 39.5 Å². The number of rotatable bonds is 13. The van der Waals surface area contributed by atoms with E-state index in [0.717, 1.165) is 0 Å². The molecule has 0 aliphatic rings. The lowest BCUT2D eigenvalue weighted by Crippen LogP contribution is -2.43. The van der Waals surface area contributed by atoms with Crippen LogP contribution in [0, 0.1) is 0 Å². The molecule has 0 aromatic carbocycles. The average molecular weight is 321 g/mol. The molecule has 0 atom stereocenters. The van der Waals surface area contributed by atoms with Crippen LogP contribution in [-0.4, -0.2) is 69.0 Å². The predicted octanol–water partition coefficient (Wildman–Crippen LogP) is 0.590. The molecule has 1 N–H and O–H groups in total. The van der Waals surface area contributed by atoms with Crippen molar-refractivity contribution in [2.75, 3.05) is 54.3 Å². The van der Waals surface area contributed by atoms with Crippen LogP contribution in [-0.2, 0) is 27.5 Å². The number of ether oxygens (including phenoxy) is 2. The summed E-state index contributed by atoms with van der Waals surface area (Å²) < 4.78 is 26.6. The molecule has 0 rings (SSSR count). The first-order chi connectivity index (χ1) is 10.0. The van der Waals surface area contributed by atoms with Gasteiger partial charge in [0.1, 0.15) is 0 Å². The molecular weight excluding hydrogens is 294 g/mol. The number of carbonyl (C=O) groups excluding carboxylic acids is 1. The molecule has 0 saturated carbocycles. The Morgan fingerprint density at radius 2 is 1.52 bits per heavy atom. The molecule has 0 unspecified atom stereocenters. The largest absolute Gasteiger partial charge is 0.502 e. The second-order valence-corrected chi connectivity index (χ2v) is 7.40. The molecule has 1 amide bonds. The van der Waals surface area contributed by atoms with Crippen LogP contribution in [0.4, 0.5) is 0 Å². The molecule has 0 aliphatic carbocycles. The summed E-state index contributed by atoms with van der Waals surface area (Å²) in [5, 5.41) is 2.68. The van der Waals surface area contributed by atoms with E-state index >= 15 is 0 Å². The van der Waals surface area contributed by atoms with Crippen molar-refractivity contribution in [3.05, 3.63) is 12.2 Å². The Bertz CT molecular complexity index is 301. The first-order valence-electron chi connectivity index (χ1n) is 6.76. The molecule has 0 aromatic heterocycles. The van der Waals surface area contributed by atoms with Gasteiger partial charge in [-0.1, -0.05) is 6.58 Å². The van der Waals surface area contributed by atoms with Crippen LogP contribution in [0.15, 0.2) is 12.2 Å². The van der Waals surface area contributed by atoms with Crippen molar-refractivity contribution in [2.45, 2.75) is 13.0 Å². The minimum absolute atomic E-state index is 0.158. The van der Waals surface area contributed by atoms with Gasteiger partial charge in [-0.3, -0.25) is 4.79 Å². The number of amides is 1. The van der Waals surface area contributed by atoms with E-state index in [-0.39, 0.29) is 5.91 Å². The lowest BCUT2D eigenvalue weighted by atomic mass is 10.3. The second-order valence-electron chi connectivity index (χ2n) is 4.31. The highest BCUT2D eigenvalue weighted by atomic mass is 28.4. The maximum Gasteiger partial charge on any atom is 0.502 e. The van der Waals surface area contributed by atoms with E-state index in [1.165, 1.54) is 0 Å². The Morgan fingerprint density at radius 1 is 1.00 bits per heavy atom. The fourth-order valence-corrected chi connectivity index (χ4v) is 2.97. The minimum atomic E-state index is -2.54. The monoisotopic (exact) mass is 321 g/mol. The van der Waals surface area contributed by atoms with Gasteiger partial charge >= 0.3 is 8.80 Å². The molecule has 0 aliphatic heterocycles. The maximum atomic E-state index is 11.2. The third-order valence-electron chi connectivity index (χ3n) is 2.78. The van der Waals surface area contributed by atoms with Crippen LogP contribution in [0.2, 0.25) is 6.04 Å². The van der Waals surface area contributed by atoms with E-state index in [1.807, 2.05) is 0 Å². The summed E-state index contributed by atoms with van der Waals surface area (Å²) in [6.45, 7) is 7.52. The Hall–Kier alpha value is -0.773. The van der Waals surface area contributed by atoms with E-state index < -0.39 is 8.80 Å². The van der Waals surface area contributed by atoms with Crippen molar-refractivity contribution in [1.29, 1.82) is 0 Å². The fourth-order valence-electron chi connectivity index (χ4n) is 1.46. The normalized spacial score (nSPS) is 11.4. The zero-order valence-corrected chi connectivity index (χ0v) is 14.4. The van der Waals surface area contributed by atoms with Gasteiger partial charge in [-0.05, 0) is 6.92 Å². The Labute approximate surface area is 127 Å². The summed E-state index contributed by atoms with van der Waals surface area (Å²) in [5.41, 5.74) is 0.486. The van der Waals surface area contributed by atoms with Gasteiger partial charge in [-0.25, -0.2) is 0 Å². The van der Waals surface area contributed by atoms with Crippen LogP contribution in [0.3, 0.4) is 0 Å². The molecule has 0 radical (unpaired) electrons. The van der Waals surface area contributed by atoms with Crippen LogP contribution in [0.1, 0.15) is 6.92 Å². The number of nitrogens with one attached hydrogen (secondary N) is 1. The van der Waals surface area contributed by atoms with E-state index in [0.29, 0.717) is 44.6 Å². The van der Waals surface area contributed by atoms with E-state index in [9.17, 15) is 4.79 Å². The van der Waals surface area contributed by atoms with Crippen LogP contribution < -0.4 is 5.32 Å². The highest BCUT2D eigenvalue weighted by molar-refractivity contribution is 6.60. The summed E-state index contributed by atoms with van der Waals surface area (Å²) in [7, 11) is 2.17. The van der Waals surface area contributed by atoms with Crippen LogP contribution in [0.25, 0.3) is 0 Å². The number of hydrogen-bond acceptors (Lipinski definition) is 6. The number of carbonyl (C=O) groups is 1. The topological polar surface area (TPSA) is 75.3 Å². The summed E-state index contributed by atoms with van der Waals surface area (Å²) in [6, 6.07) is 0.588. The van der Waals surface area contributed by atoms with Gasteiger partial charge in [-0.2, -0.15) is 0 Å². The van der Waals surface area contributed by atoms with Crippen molar-refractivity contribution in [2.24, 2.45) is 0 Å². The third kappa shape index (κ3) is 8.97. The van der Waals surface area contributed by atoms with Crippen molar-refractivity contribution < 1.29 is 27.5 Å². The average Bonchev–Trinajstić information content (AvgIpc) is 2.49. The smallest absolute Gasteiger partial charge is 0.379 e. The van der Waals surface area contributed by atoms with Crippen LogP contribution >= 0.6 is 0 Å². The molecule has 0 spiro atoms. The molecule has 0 saturated heterocycles. The quantitative estimate of drug-likeness (QED) is 0.304. The highest BCUT2D eigenvalue weighted by Crippen LogP contribution is 2.11. The fraction of sp³-hybridized carbons (Fsp3) is 0.769. The lowest BCUT2D eigenvalue weighted by molar-refractivity contribution is -0.117. The predicted molar refractivity (Wildman–Crippen MR) is 81.0 cm³/mol. The Balaban J connectivity index is 3.48. The summed E-state index contributed by atoms with van der Waals surface area (Å²) >= 11 is 0. The minimum Gasteiger partial charge on any atom is -0.379 e. The Morgan fingerprint density at radius 3 is 2.00 bits per heavy atom. The van der Waals surface area contributed by atoms with Gasteiger partial charge in [0.2, 0.25) is 5.91 Å². The summed E-state index contributed by atoms with van der Waals surface area (Å²) in [6.07, 6.45) is 0. The summed E-state index contributed by atoms with van der Waals surface area (Å²) in [5.74, 6) is -0.158. The maximum absolute atomic E-state index is 11.2. The zero-order chi connectivity index (χ0) is 16.1. The van der Waals surface area contributed by atoms with Gasteiger partial charge in [0.05, 0.1) is 26.4 Å². The molecular formula is C13H27NO6Si. The molecule has 0 aromatic rings. The Kier molecular flexibility index (Phi) is 11.4. The molecule has 0 bridgehead atoms. The highest BCUT2D eigenvalue weighted by Gasteiger charge is 2.37. The number of hydrogen-bond donors (Lipinski definition) is 1. The van der Waals surface area contributed by atoms with Crippen molar-refractivity contribution >= 4 is 14.7 Å². The molecule has 0 fully saturated rings. The first kappa shape index (κ1) is 20.2. The van der Waals surface area contributed by atoms with Gasteiger partial charge < -0.3 is 28.1 Å². The zero-order valence-electron chi connectivity index (χ0n) is 13.4. The van der Waals surface area contributed by atoms with Gasteiger partial charge in [0.15, 0.2) is 0 Å². The molecule has 21 heavy (non-hydrogen) atoms. The van der Waals surface area contributed by atoms with E-state index in [4.69, 9.17) is 22.8 Å². The van der Waals surface area contributed by atoms with E-state index in [2.05, 4.69) is 11.9 Å². The standard InChI is InChI=1S/C13H27NO6Si/c1-12(2)13(15)14-6-7-19-8-9-20-10-11-21(16-3,17-4)18-5/h1,6-11H2,2-5H3,(H,14,15). The molecule has 8 heteroatoms. The molecule has 124 valence electrons. The molecule has 0 heterocycles. The SMILES string of the molecule is C=C(C)C(=O)NCCOCCOCC[Si](OC)(OC)OC. The van der Waals surface area contributed by atoms with Gasteiger partial charge in [0.25, 0.3) is 0 Å². The van der Waals surface area contributed by atoms with Crippen molar-refractivity contribution in [3.63, 3.8) is 0 Å². The second kappa shape index (κ2) is 11.8. The van der Waals surface area contributed by atoms with Crippen molar-refractivity contribution in [1.82, 2.24) is 5.32 Å². The third-order valence-corrected chi connectivity index (χ3v) is 5.46. The lowest BCUT2D eigenvalue weighted by Gasteiger charge is -2.24.